The van der Waals surface area contributed by atoms with E-state index in [1.54, 1.807) is 0 Å². The Balaban J connectivity index is 2.35. The third-order valence-corrected chi connectivity index (χ3v) is 5.23. The molecule has 2 aromatic heterocycles. The van der Waals surface area contributed by atoms with E-state index in [9.17, 15) is 18.5 Å². The molecule has 19 heavy (non-hydrogen) atoms. The molecule has 0 radical (unpaired) electrons. The van der Waals surface area contributed by atoms with Gasteiger partial charge in [0.2, 0.25) is 0 Å². The molecule has 100 valence electrons. The zero-order valence-electron chi connectivity index (χ0n) is 9.11. The van der Waals surface area contributed by atoms with Gasteiger partial charge in [-0.15, -0.1) is 11.3 Å². The molecule has 0 aromatic carbocycles. The van der Waals surface area contributed by atoms with Crippen molar-refractivity contribution >= 4 is 44.3 Å². The van der Waals surface area contributed by atoms with Crippen molar-refractivity contribution < 1.29 is 13.3 Å². The lowest BCUT2D eigenvalue weighted by atomic mass is 10.4. The number of halogens is 1. The third-order valence-electron chi connectivity index (χ3n) is 2.04. The van der Waals surface area contributed by atoms with Gasteiger partial charge in [-0.1, -0.05) is 11.6 Å². The zero-order valence-corrected chi connectivity index (χ0v) is 11.5. The van der Waals surface area contributed by atoms with Crippen molar-refractivity contribution in [1.29, 1.82) is 0 Å². The Morgan fingerprint density at radius 1 is 1.37 bits per heavy atom. The van der Waals surface area contributed by atoms with Gasteiger partial charge in [-0.05, 0) is 12.1 Å². The topological polar surface area (TPSA) is 102 Å². The highest BCUT2D eigenvalue weighted by Gasteiger charge is 2.25. The van der Waals surface area contributed by atoms with Crippen molar-refractivity contribution in [3.8, 4) is 0 Å². The Hall–Kier alpha value is -1.71. The molecular formula is C9H6ClN3O4S2. The second-order valence-electron chi connectivity index (χ2n) is 3.32. The summed E-state index contributed by atoms with van der Waals surface area (Å²) >= 11 is 6.25. The highest BCUT2D eigenvalue weighted by atomic mass is 35.5. The molecule has 2 heterocycles. The number of hydrogen-bond donors (Lipinski definition) is 1. The van der Waals surface area contributed by atoms with Crippen LogP contribution in [0, 0.1) is 10.1 Å². The Morgan fingerprint density at radius 3 is 2.53 bits per heavy atom. The van der Waals surface area contributed by atoms with Crippen molar-refractivity contribution in [1.82, 2.24) is 4.98 Å². The number of rotatable bonds is 4. The number of aromatic nitrogens is 1. The Morgan fingerprint density at radius 2 is 2.00 bits per heavy atom. The summed E-state index contributed by atoms with van der Waals surface area (Å²) < 4.78 is 25.8. The van der Waals surface area contributed by atoms with Crippen LogP contribution in [0.15, 0.2) is 34.8 Å². The maximum absolute atomic E-state index is 12.0. The lowest BCUT2D eigenvalue weighted by Crippen LogP contribution is -2.11. The third kappa shape index (κ3) is 3.00. The van der Waals surface area contributed by atoms with Crippen molar-refractivity contribution in [2.24, 2.45) is 0 Å². The van der Waals surface area contributed by atoms with E-state index in [0.717, 1.165) is 6.07 Å². The second-order valence-corrected chi connectivity index (χ2v) is 6.89. The lowest BCUT2D eigenvalue weighted by molar-refractivity contribution is -0.384. The lowest BCUT2D eigenvalue weighted by Gasteiger charge is -2.04. The van der Waals surface area contributed by atoms with Crippen LogP contribution < -0.4 is 4.72 Å². The van der Waals surface area contributed by atoms with Gasteiger partial charge in [-0.3, -0.25) is 19.8 Å². The van der Waals surface area contributed by atoms with E-state index in [2.05, 4.69) is 9.71 Å². The molecule has 10 heteroatoms. The first-order chi connectivity index (χ1) is 8.90. The minimum absolute atomic E-state index is 0.180. The molecule has 0 atom stereocenters. The quantitative estimate of drug-likeness (QED) is 0.689. The number of hydrogen-bond acceptors (Lipinski definition) is 6. The Bertz CT molecular complexity index is 714. The minimum atomic E-state index is -3.90. The summed E-state index contributed by atoms with van der Waals surface area (Å²) in [5.74, 6) is 0. The van der Waals surface area contributed by atoms with E-state index < -0.39 is 20.6 Å². The van der Waals surface area contributed by atoms with Gasteiger partial charge in [0.25, 0.3) is 15.7 Å². The fourth-order valence-corrected chi connectivity index (χ4v) is 3.94. The van der Waals surface area contributed by atoms with Crippen LogP contribution in [0.5, 0.6) is 0 Å². The van der Waals surface area contributed by atoms with E-state index in [1.165, 1.54) is 24.5 Å². The molecule has 0 aliphatic rings. The van der Waals surface area contributed by atoms with Gasteiger partial charge in [0.1, 0.15) is 4.21 Å². The van der Waals surface area contributed by atoms with Gasteiger partial charge in [-0.2, -0.15) is 0 Å². The fraction of sp³-hybridized carbons (Fsp3) is 0. The van der Waals surface area contributed by atoms with Crippen LogP contribution >= 0.6 is 22.9 Å². The second kappa shape index (κ2) is 5.11. The summed E-state index contributed by atoms with van der Waals surface area (Å²) in [6, 6.07) is 3.85. The van der Waals surface area contributed by atoms with E-state index in [-0.39, 0.29) is 8.55 Å². The molecule has 0 fully saturated rings. The number of nitrogens with zero attached hydrogens (tertiary/aromatic N) is 2. The predicted octanol–water partition coefficient (Wildman–Crippen LogP) is 2.51. The smallest absolute Gasteiger partial charge is 0.279 e. The average Bonchev–Trinajstić information content (AvgIpc) is 2.73. The molecule has 0 aliphatic heterocycles. The molecule has 2 aromatic rings. The summed E-state index contributed by atoms with van der Waals surface area (Å²) in [5, 5.41) is 10.6. The van der Waals surface area contributed by atoms with Crippen LogP contribution in [0.25, 0.3) is 0 Å². The minimum Gasteiger partial charge on any atom is -0.279 e. The standard InChI is InChI=1S/C9H6ClN3O4S2/c10-9-7(13(14)15)5-8(18-9)19(16,17)12-6-1-3-11-4-2-6/h1-5H,(H,11,12). The van der Waals surface area contributed by atoms with E-state index in [1.807, 2.05) is 0 Å². The maximum atomic E-state index is 12.0. The van der Waals surface area contributed by atoms with Crippen LogP contribution in [0.1, 0.15) is 0 Å². The maximum Gasteiger partial charge on any atom is 0.300 e. The normalized spacial score (nSPS) is 11.2. The van der Waals surface area contributed by atoms with E-state index in [4.69, 9.17) is 11.6 Å². The Kier molecular flexibility index (Phi) is 3.69. The monoisotopic (exact) mass is 319 g/mol. The van der Waals surface area contributed by atoms with Crippen molar-refractivity contribution in [2.45, 2.75) is 4.21 Å². The van der Waals surface area contributed by atoms with Crippen LogP contribution in [-0.2, 0) is 10.0 Å². The van der Waals surface area contributed by atoms with Crippen molar-refractivity contribution in [3.05, 3.63) is 45.0 Å². The molecule has 0 spiro atoms. The number of nitrogens with one attached hydrogen (secondary N) is 1. The van der Waals surface area contributed by atoms with Gasteiger partial charge < -0.3 is 0 Å². The summed E-state index contributed by atoms with van der Waals surface area (Å²) in [6.45, 7) is 0. The number of sulfonamides is 1. The largest absolute Gasteiger partial charge is 0.300 e. The van der Waals surface area contributed by atoms with E-state index in [0.29, 0.717) is 17.0 Å². The molecule has 0 aliphatic carbocycles. The molecule has 0 unspecified atom stereocenters. The molecule has 0 saturated carbocycles. The highest BCUT2D eigenvalue weighted by molar-refractivity contribution is 7.94. The highest BCUT2D eigenvalue weighted by Crippen LogP contribution is 2.36. The van der Waals surface area contributed by atoms with E-state index >= 15 is 0 Å². The number of pyridine rings is 1. The van der Waals surface area contributed by atoms with Crippen molar-refractivity contribution in [2.75, 3.05) is 4.72 Å². The van der Waals surface area contributed by atoms with Crippen LogP contribution in [0.2, 0.25) is 4.34 Å². The first kappa shape index (κ1) is 13.7. The summed E-state index contributed by atoms with van der Waals surface area (Å²) in [5.41, 5.74) is -0.121. The first-order valence-electron chi connectivity index (χ1n) is 4.77. The molecule has 0 amide bonds. The summed E-state index contributed by atoms with van der Waals surface area (Å²) in [4.78, 5) is 13.6. The van der Waals surface area contributed by atoms with Gasteiger partial charge in [-0.25, -0.2) is 8.42 Å². The number of thiophene rings is 1. The SMILES string of the molecule is O=[N+]([O-])c1cc(S(=O)(=O)Nc2ccncc2)sc1Cl. The Labute approximate surface area is 117 Å². The molecule has 0 saturated heterocycles. The average molecular weight is 320 g/mol. The molecule has 1 N–H and O–H groups in total. The molecule has 7 nitrogen and oxygen atoms in total. The van der Waals surface area contributed by atoms with Crippen LogP contribution in [-0.4, -0.2) is 18.3 Å². The first-order valence-corrected chi connectivity index (χ1v) is 7.44. The number of anilines is 1. The molecular weight excluding hydrogens is 314 g/mol. The summed E-state index contributed by atoms with van der Waals surface area (Å²) in [6.07, 6.45) is 2.84. The van der Waals surface area contributed by atoms with Gasteiger partial charge in [0.15, 0.2) is 4.34 Å². The van der Waals surface area contributed by atoms with Crippen molar-refractivity contribution in [3.63, 3.8) is 0 Å². The number of nitro groups is 1. The van der Waals surface area contributed by atoms with Gasteiger partial charge >= 0.3 is 0 Å². The fourth-order valence-electron chi connectivity index (χ4n) is 1.22. The van der Waals surface area contributed by atoms with Gasteiger partial charge in [0, 0.05) is 18.5 Å². The van der Waals surface area contributed by atoms with Gasteiger partial charge in [0.05, 0.1) is 10.6 Å². The zero-order chi connectivity index (χ0) is 14.0. The molecule has 2 rings (SSSR count). The van der Waals surface area contributed by atoms with Crippen LogP contribution in [0.3, 0.4) is 0 Å². The predicted molar refractivity (Wildman–Crippen MR) is 71.0 cm³/mol. The summed E-state index contributed by atoms with van der Waals surface area (Å²) in [7, 11) is -3.90. The molecule has 0 bridgehead atoms. The van der Waals surface area contributed by atoms with Crippen LogP contribution in [0.4, 0.5) is 11.4 Å².